The number of benzene rings is 3. The summed E-state index contributed by atoms with van der Waals surface area (Å²) in [4.78, 5) is 0. The van der Waals surface area contributed by atoms with Crippen LogP contribution in [0.5, 0.6) is 11.5 Å². The Morgan fingerprint density at radius 1 is 0.938 bits per heavy atom. The van der Waals surface area contributed by atoms with Gasteiger partial charge in [-0.05, 0) is 62.5 Å². The van der Waals surface area contributed by atoms with Crippen LogP contribution in [-0.2, 0) is 9.31 Å². The van der Waals surface area contributed by atoms with Gasteiger partial charge in [0.15, 0.2) is 0 Å². The van der Waals surface area contributed by atoms with Crippen LogP contribution in [0.1, 0.15) is 34.1 Å². The monoisotopic (exact) mass is 428 g/mol. The van der Waals surface area contributed by atoms with E-state index in [4.69, 9.17) is 14.0 Å². The predicted octanol–water partition coefficient (Wildman–Crippen LogP) is 5.96. The van der Waals surface area contributed by atoms with Crippen molar-refractivity contribution in [2.75, 3.05) is 6.61 Å². The SMILES string of the molecule is CCOB(OC(C)(C)CC)c1cc(-c2ccc(Oc3ccccc3)cc2)c2[nH]ncc2c1. The number of fused-ring (bicyclic) bond motifs is 1. The second-order valence-corrected chi connectivity index (χ2v) is 8.36. The molecule has 3 aromatic carbocycles. The first-order valence-electron chi connectivity index (χ1n) is 11.1. The third kappa shape index (κ3) is 5.04. The van der Waals surface area contributed by atoms with Crippen molar-refractivity contribution in [1.82, 2.24) is 10.2 Å². The Bertz CT molecular complexity index is 1160. The molecule has 0 radical (unpaired) electrons. The summed E-state index contributed by atoms with van der Waals surface area (Å²) in [6.45, 7) is 8.84. The third-order valence-electron chi connectivity index (χ3n) is 5.58. The van der Waals surface area contributed by atoms with Crippen molar-refractivity contribution in [3.63, 3.8) is 0 Å². The Labute approximate surface area is 189 Å². The number of nitrogens with zero attached hydrogens (tertiary/aromatic N) is 1. The number of hydrogen-bond acceptors (Lipinski definition) is 4. The average Bonchev–Trinajstić information content (AvgIpc) is 3.28. The van der Waals surface area contributed by atoms with Crippen molar-refractivity contribution in [1.29, 1.82) is 0 Å². The molecule has 0 saturated carbocycles. The predicted molar refractivity (Wildman–Crippen MR) is 131 cm³/mol. The van der Waals surface area contributed by atoms with E-state index in [1.807, 2.05) is 55.6 Å². The Hall–Kier alpha value is -3.09. The molecule has 0 bridgehead atoms. The molecule has 6 heteroatoms. The van der Waals surface area contributed by atoms with Crippen LogP contribution in [0.15, 0.2) is 72.9 Å². The summed E-state index contributed by atoms with van der Waals surface area (Å²) < 4.78 is 18.3. The lowest BCUT2D eigenvalue weighted by molar-refractivity contribution is 0.0706. The number of rotatable bonds is 9. The van der Waals surface area contributed by atoms with Gasteiger partial charge in [-0.1, -0.05) is 49.4 Å². The van der Waals surface area contributed by atoms with Gasteiger partial charge in [0.1, 0.15) is 11.5 Å². The minimum Gasteiger partial charge on any atom is -0.457 e. The van der Waals surface area contributed by atoms with Crippen molar-refractivity contribution in [2.45, 2.75) is 39.7 Å². The van der Waals surface area contributed by atoms with Crippen molar-refractivity contribution >= 4 is 23.5 Å². The van der Waals surface area contributed by atoms with Gasteiger partial charge < -0.3 is 14.0 Å². The highest BCUT2D eigenvalue weighted by Gasteiger charge is 2.30. The van der Waals surface area contributed by atoms with E-state index < -0.39 is 7.12 Å². The minimum absolute atomic E-state index is 0.290. The summed E-state index contributed by atoms with van der Waals surface area (Å²) in [6.07, 6.45) is 2.73. The van der Waals surface area contributed by atoms with E-state index >= 15 is 0 Å². The zero-order valence-electron chi connectivity index (χ0n) is 19.1. The van der Waals surface area contributed by atoms with E-state index in [2.05, 4.69) is 55.2 Å². The normalized spacial score (nSPS) is 11.6. The van der Waals surface area contributed by atoms with E-state index in [0.29, 0.717) is 6.61 Å². The van der Waals surface area contributed by atoms with Crippen molar-refractivity contribution in [3.05, 3.63) is 72.9 Å². The van der Waals surface area contributed by atoms with E-state index in [-0.39, 0.29) is 5.60 Å². The van der Waals surface area contributed by atoms with Crippen LogP contribution in [0.3, 0.4) is 0 Å². The van der Waals surface area contributed by atoms with Gasteiger partial charge in [-0.3, -0.25) is 5.10 Å². The van der Waals surface area contributed by atoms with Gasteiger partial charge in [-0.25, -0.2) is 0 Å². The molecule has 32 heavy (non-hydrogen) atoms. The zero-order chi connectivity index (χ0) is 22.6. The molecule has 4 rings (SSSR count). The lowest BCUT2D eigenvalue weighted by Gasteiger charge is -2.28. The number of ether oxygens (including phenoxy) is 1. The maximum Gasteiger partial charge on any atom is 0.494 e. The van der Waals surface area contributed by atoms with Gasteiger partial charge in [0, 0.05) is 23.2 Å². The van der Waals surface area contributed by atoms with Gasteiger partial charge >= 0.3 is 7.12 Å². The molecule has 0 saturated heterocycles. The number of hydrogen-bond donors (Lipinski definition) is 1. The summed E-state index contributed by atoms with van der Waals surface area (Å²) >= 11 is 0. The molecule has 0 amide bonds. The van der Waals surface area contributed by atoms with Gasteiger partial charge in [0.05, 0.1) is 11.7 Å². The van der Waals surface area contributed by atoms with E-state index in [9.17, 15) is 0 Å². The van der Waals surface area contributed by atoms with Crippen LogP contribution < -0.4 is 10.2 Å². The number of H-pyrrole nitrogens is 1. The molecular formula is C26H29BN2O3. The molecule has 0 aliphatic rings. The summed E-state index contributed by atoms with van der Waals surface area (Å²) in [5.74, 6) is 1.60. The summed E-state index contributed by atoms with van der Waals surface area (Å²) in [7, 11) is -0.450. The largest absolute Gasteiger partial charge is 0.494 e. The van der Waals surface area contributed by atoms with E-state index in [1.54, 1.807) is 0 Å². The first-order valence-corrected chi connectivity index (χ1v) is 11.1. The van der Waals surface area contributed by atoms with Crippen LogP contribution in [0.25, 0.3) is 22.0 Å². The Balaban J connectivity index is 1.68. The highest BCUT2D eigenvalue weighted by molar-refractivity contribution is 6.62. The van der Waals surface area contributed by atoms with Crippen LogP contribution >= 0.6 is 0 Å². The fourth-order valence-electron chi connectivity index (χ4n) is 3.49. The molecule has 1 heterocycles. The first-order chi connectivity index (χ1) is 15.5. The quantitative estimate of drug-likeness (QED) is 0.334. The van der Waals surface area contributed by atoms with Crippen LogP contribution in [0, 0.1) is 0 Å². The van der Waals surface area contributed by atoms with Crippen molar-refractivity contribution in [2.24, 2.45) is 0 Å². The standard InChI is InChI=1S/C26H29BN2O3/c1-5-26(3,4)32-27(30-6-2)21-16-20-18-28-29-25(20)24(17-21)19-12-14-23(15-13-19)31-22-10-8-7-9-11-22/h7-18H,5-6H2,1-4H3,(H,28,29). The smallest absolute Gasteiger partial charge is 0.457 e. The molecule has 1 aromatic heterocycles. The molecule has 0 aliphatic heterocycles. The number of para-hydroxylation sites is 1. The minimum atomic E-state index is -0.450. The van der Waals surface area contributed by atoms with Crippen LogP contribution in [0.2, 0.25) is 0 Å². The lowest BCUT2D eigenvalue weighted by Crippen LogP contribution is -2.43. The first kappa shape index (κ1) is 22.1. The van der Waals surface area contributed by atoms with Gasteiger partial charge in [0.25, 0.3) is 0 Å². The lowest BCUT2D eigenvalue weighted by atomic mass is 9.75. The molecule has 164 valence electrons. The fraction of sp³-hybridized carbons (Fsp3) is 0.269. The Morgan fingerprint density at radius 3 is 2.34 bits per heavy atom. The van der Waals surface area contributed by atoms with Gasteiger partial charge in [0.2, 0.25) is 0 Å². The van der Waals surface area contributed by atoms with Gasteiger partial charge in [-0.2, -0.15) is 5.10 Å². The molecule has 0 atom stereocenters. The van der Waals surface area contributed by atoms with Crippen molar-refractivity contribution in [3.8, 4) is 22.6 Å². The Morgan fingerprint density at radius 2 is 1.66 bits per heavy atom. The highest BCUT2D eigenvalue weighted by atomic mass is 16.6. The Kier molecular flexibility index (Phi) is 6.63. The molecular weight excluding hydrogens is 399 g/mol. The second-order valence-electron chi connectivity index (χ2n) is 8.36. The van der Waals surface area contributed by atoms with E-state index in [0.717, 1.165) is 45.4 Å². The number of aromatic nitrogens is 2. The molecule has 1 N–H and O–H groups in total. The maximum atomic E-state index is 6.34. The molecule has 5 nitrogen and oxygen atoms in total. The zero-order valence-corrected chi connectivity index (χ0v) is 19.1. The number of aromatic amines is 1. The fourth-order valence-corrected chi connectivity index (χ4v) is 3.49. The third-order valence-corrected chi connectivity index (χ3v) is 5.58. The topological polar surface area (TPSA) is 56.4 Å². The summed E-state index contributed by atoms with van der Waals surface area (Å²) in [5, 5.41) is 8.42. The molecule has 0 unspecified atom stereocenters. The molecule has 0 spiro atoms. The molecule has 0 aliphatic carbocycles. The molecule has 4 aromatic rings. The van der Waals surface area contributed by atoms with E-state index in [1.165, 1.54) is 0 Å². The van der Waals surface area contributed by atoms with Crippen LogP contribution in [-0.4, -0.2) is 29.5 Å². The highest BCUT2D eigenvalue weighted by Crippen LogP contribution is 2.30. The summed E-state index contributed by atoms with van der Waals surface area (Å²) in [5.41, 5.74) is 3.77. The van der Waals surface area contributed by atoms with Crippen LogP contribution in [0.4, 0.5) is 0 Å². The van der Waals surface area contributed by atoms with Gasteiger partial charge in [-0.15, -0.1) is 0 Å². The maximum absolute atomic E-state index is 6.34. The number of nitrogens with one attached hydrogen (secondary N) is 1. The molecule has 0 fully saturated rings. The average molecular weight is 428 g/mol. The summed E-state index contributed by atoms with van der Waals surface area (Å²) in [6, 6.07) is 22.1. The second kappa shape index (κ2) is 9.59. The van der Waals surface area contributed by atoms with Crippen molar-refractivity contribution < 1.29 is 14.0 Å².